The summed E-state index contributed by atoms with van der Waals surface area (Å²) < 4.78 is 11.0. The first-order valence-electron chi connectivity index (χ1n) is 7.07. The molecule has 1 unspecified atom stereocenters. The monoisotopic (exact) mass is 273 g/mol. The first kappa shape index (κ1) is 13.1. The summed E-state index contributed by atoms with van der Waals surface area (Å²) >= 11 is 0. The van der Waals surface area contributed by atoms with Gasteiger partial charge < -0.3 is 15.0 Å². The molecule has 106 valence electrons. The quantitative estimate of drug-likeness (QED) is 0.875. The molecule has 20 heavy (non-hydrogen) atoms. The number of rotatable bonds is 6. The molecule has 1 aromatic carbocycles. The molecule has 0 saturated heterocycles. The van der Waals surface area contributed by atoms with Crippen LogP contribution in [0.25, 0.3) is 0 Å². The van der Waals surface area contributed by atoms with E-state index < -0.39 is 0 Å². The minimum absolute atomic E-state index is 0.0177. The molecule has 1 aromatic heterocycles. The number of para-hydroxylation sites is 1. The van der Waals surface area contributed by atoms with Gasteiger partial charge in [-0.05, 0) is 25.3 Å². The molecule has 1 heterocycles. The number of hydrogen-bond donors (Lipinski definition) is 1. The van der Waals surface area contributed by atoms with Crippen LogP contribution in [0.15, 0.2) is 28.8 Å². The van der Waals surface area contributed by atoms with Crippen LogP contribution in [-0.2, 0) is 6.61 Å². The van der Waals surface area contributed by atoms with Gasteiger partial charge in [0.25, 0.3) is 5.89 Å². The van der Waals surface area contributed by atoms with Crippen LogP contribution in [0.5, 0.6) is 5.75 Å². The van der Waals surface area contributed by atoms with E-state index in [0.717, 1.165) is 36.4 Å². The van der Waals surface area contributed by atoms with Gasteiger partial charge in [0.05, 0.1) is 0 Å². The predicted octanol–water partition coefficient (Wildman–Crippen LogP) is 2.94. The Morgan fingerprint density at radius 2 is 2.20 bits per heavy atom. The van der Waals surface area contributed by atoms with Crippen LogP contribution in [0.3, 0.4) is 0 Å². The second-order valence-electron chi connectivity index (χ2n) is 5.16. The summed E-state index contributed by atoms with van der Waals surface area (Å²) in [5, 5.41) is 3.97. The third-order valence-electron chi connectivity index (χ3n) is 3.54. The van der Waals surface area contributed by atoms with Gasteiger partial charge in [-0.2, -0.15) is 4.98 Å². The first-order chi connectivity index (χ1) is 9.78. The van der Waals surface area contributed by atoms with Gasteiger partial charge in [-0.1, -0.05) is 30.3 Å². The van der Waals surface area contributed by atoms with Gasteiger partial charge in [-0.15, -0.1) is 0 Å². The molecular formula is C15H19N3O2. The molecule has 1 fully saturated rings. The third kappa shape index (κ3) is 2.82. The van der Waals surface area contributed by atoms with Crippen molar-refractivity contribution in [2.45, 2.75) is 44.8 Å². The van der Waals surface area contributed by atoms with E-state index in [-0.39, 0.29) is 12.6 Å². The Morgan fingerprint density at radius 1 is 1.40 bits per heavy atom. The van der Waals surface area contributed by atoms with E-state index in [4.69, 9.17) is 15.0 Å². The Morgan fingerprint density at radius 3 is 2.95 bits per heavy atom. The van der Waals surface area contributed by atoms with Gasteiger partial charge >= 0.3 is 0 Å². The van der Waals surface area contributed by atoms with E-state index in [2.05, 4.69) is 17.1 Å². The van der Waals surface area contributed by atoms with Gasteiger partial charge in [0.2, 0.25) is 0 Å². The Labute approximate surface area is 118 Å². The van der Waals surface area contributed by atoms with Crippen molar-refractivity contribution >= 4 is 0 Å². The van der Waals surface area contributed by atoms with Crippen molar-refractivity contribution in [1.29, 1.82) is 0 Å². The second-order valence-corrected chi connectivity index (χ2v) is 5.16. The van der Waals surface area contributed by atoms with Crippen LogP contribution in [-0.4, -0.2) is 10.1 Å². The highest BCUT2D eigenvalue weighted by Gasteiger charge is 2.28. The van der Waals surface area contributed by atoms with Crippen molar-refractivity contribution in [2.75, 3.05) is 0 Å². The Kier molecular flexibility index (Phi) is 3.69. The summed E-state index contributed by atoms with van der Waals surface area (Å²) in [5.41, 5.74) is 7.10. The molecule has 1 saturated carbocycles. The van der Waals surface area contributed by atoms with E-state index in [1.54, 1.807) is 0 Å². The number of nitrogens with zero attached hydrogens (tertiary/aromatic N) is 2. The Balaban J connectivity index is 1.67. The van der Waals surface area contributed by atoms with Crippen LogP contribution < -0.4 is 10.5 Å². The Bertz CT molecular complexity index is 578. The lowest BCUT2D eigenvalue weighted by Gasteiger charge is -2.14. The summed E-state index contributed by atoms with van der Waals surface area (Å²) in [6.07, 6.45) is 3.19. The number of ether oxygens (including phenoxy) is 1. The summed E-state index contributed by atoms with van der Waals surface area (Å²) in [4.78, 5) is 4.35. The minimum Gasteiger partial charge on any atom is -0.483 e. The van der Waals surface area contributed by atoms with E-state index in [1.165, 1.54) is 0 Å². The van der Waals surface area contributed by atoms with Crippen LogP contribution in [0.4, 0.5) is 0 Å². The van der Waals surface area contributed by atoms with Crippen molar-refractivity contribution in [3.63, 3.8) is 0 Å². The van der Waals surface area contributed by atoms with Gasteiger partial charge in [-0.25, -0.2) is 0 Å². The molecule has 0 aliphatic heterocycles. The van der Waals surface area contributed by atoms with E-state index in [1.807, 2.05) is 24.3 Å². The average molecular weight is 273 g/mol. The number of aromatic nitrogens is 2. The lowest BCUT2D eigenvalue weighted by Crippen LogP contribution is -2.10. The molecule has 1 atom stereocenters. The van der Waals surface area contributed by atoms with Crippen LogP contribution in [0.1, 0.15) is 55.4 Å². The molecule has 5 nitrogen and oxygen atoms in total. The maximum atomic E-state index is 6.08. The van der Waals surface area contributed by atoms with Gasteiger partial charge in [0.15, 0.2) is 12.4 Å². The van der Waals surface area contributed by atoms with Crippen LogP contribution >= 0.6 is 0 Å². The molecule has 5 heteroatoms. The molecule has 3 rings (SSSR count). The molecule has 2 N–H and O–H groups in total. The molecule has 0 amide bonds. The lowest BCUT2D eigenvalue weighted by atomic mass is 10.0. The van der Waals surface area contributed by atoms with E-state index >= 15 is 0 Å². The normalized spacial score (nSPS) is 16.1. The van der Waals surface area contributed by atoms with Gasteiger partial charge in [0.1, 0.15) is 5.75 Å². The summed E-state index contributed by atoms with van der Waals surface area (Å²) in [6.45, 7) is 2.34. The molecule has 0 radical (unpaired) electrons. The van der Waals surface area contributed by atoms with Gasteiger partial charge in [-0.3, -0.25) is 0 Å². The van der Waals surface area contributed by atoms with Gasteiger partial charge in [0, 0.05) is 17.5 Å². The maximum absolute atomic E-state index is 6.08. The largest absolute Gasteiger partial charge is 0.483 e. The standard InChI is InChI=1S/C15H19N3O2/c1-2-12(16)11-5-3-4-6-13(11)19-9-14-17-15(18-20-14)10-7-8-10/h3-6,10,12H,2,7-9,16H2,1H3. The molecule has 2 aromatic rings. The van der Waals surface area contributed by atoms with Crippen LogP contribution in [0, 0.1) is 0 Å². The predicted molar refractivity (Wildman–Crippen MR) is 74.3 cm³/mol. The molecule has 0 spiro atoms. The zero-order chi connectivity index (χ0) is 13.9. The van der Waals surface area contributed by atoms with E-state index in [9.17, 15) is 0 Å². The number of hydrogen-bond acceptors (Lipinski definition) is 5. The van der Waals surface area contributed by atoms with Crippen molar-refractivity contribution < 1.29 is 9.26 Å². The fourth-order valence-electron chi connectivity index (χ4n) is 2.11. The summed E-state index contributed by atoms with van der Waals surface area (Å²) in [7, 11) is 0. The highest BCUT2D eigenvalue weighted by atomic mass is 16.5. The van der Waals surface area contributed by atoms with Crippen molar-refractivity contribution in [3.05, 3.63) is 41.5 Å². The highest BCUT2D eigenvalue weighted by molar-refractivity contribution is 5.35. The van der Waals surface area contributed by atoms with E-state index in [0.29, 0.717) is 11.8 Å². The second kappa shape index (κ2) is 5.63. The number of benzene rings is 1. The fourth-order valence-corrected chi connectivity index (χ4v) is 2.11. The maximum Gasteiger partial charge on any atom is 0.264 e. The lowest BCUT2D eigenvalue weighted by molar-refractivity contribution is 0.239. The topological polar surface area (TPSA) is 74.2 Å². The number of nitrogens with two attached hydrogens (primary N) is 1. The summed E-state index contributed by atoms with van der Waals surface area (Å²) in [6, 6.07) is 7.80. The third-order valence-corrected chi connectivity index (χ3v) is 3.54. The highest BCUT2D eigenvalue weighted by Crippen LogP contribution is 2.38. The smallest absolute Gasteiger partial charge is 0.264 e. The fraction of sp³-hybridized carbons (Fsp3) is 0.467. The SMILES string of the molecule is CCC(N)c1ccccc1OCc1nc(C2CC2)no1. The molecule has 0 bridgehead atoms. The van der Waals surface area contributed by atoms with Crippen molar-refractivity contribution in [1.82, 2.24) is 10.1 Å². The molecular weight excluding hydrogens is 254 g/mol. The zero-order valence-electron chi connectivity index (χ0n) is 11.6. The van der Waals surface area contributed by atoms with Crippen molar-refractivity contribution in [2.24, 2.45) is 5.73 Å². The molecule has 1 aliphatic carbocycles. The van der Waals surface area contributed by atoms with Crippen molar-refractivity contribution in [3.8, 4) is 5.75 Å². The van der Waals surface area contributed by atoms with Crippen LogP contribution in [0.2, 0.25) is 0 Å². The average Bonchev–Trinajstić information content (AvgIpc) is 3.24. The summed E-state index contributed by atoms with van der Waals surface area (Å²) in [5.74, 6) is 2.61. The zero-order valence-corrected chi connectivity index (χ0v) is 11.6. The first-order valence-corrected chi connectivity index (χ1v) is 7.07. The minimum atomic E-state index is -0.0177. The molecule has 1 aliphatic rings. The Hall–Kier alpha value is -1.88.